The van der Waals surface area contributed by atoms with Gasteiger partial charge in [0, 0.05) is 6.54 Å². The van der Waals surface area contributed by atoms with Crippen LogP contribution in [-0.4, -0.2) is 59.7 Å². The SMILES string of the molecule is CCOC(=O)[C@H](CCc1ccccc1)N[C@@H](C)C(=O)N(CC(=O)O)N1CCc2ccccc21. The fourth-order valence-electron chi connectivity index (χ4n) is 4.05. The van der Waals surface area contributed by atoms with Gasteiger partial charge >= 0.3 is 11.9 Å². The highest BCUT2D eigenvalue weighted by atomic mass is 16.5. The molecule has 0 unspecified atom stereocenters. The van der Waals surface area contributed by atoms with Crippen molar-refractivity contribution in [2.45, 2.75) is 45.2 Å². The van der Waals surface area contributed by atoms with Gasteiger partial charge in [-0.05, 0) is 50.3 Å². The van der Waals surface area contributed by atoms with E-state index in [2.05, 4.69) is 5.32 Å². The number of aliphatic carboxylic acids is 1. The number of para-hydroxylation sites is 1. The lowest BCUT2D eigenvalue weighted by Gasteiger charge is -2.35. The highest BCUT2D eigenvalue weighted by molar-refractivity contribution is 5.88. The summed E-state index contributed by atoms with van der Waals surface area (Å²) in [7, 11) is 0. The van der Waals surface area contributed by atoms with Crippen LogP contribution in [0.5, 0.6) is 0 Å². The van der Waals surface area contributed by atoms with E-state index in [0.717, 1.165) is 23.2 Å². The van der Waals surface area contributed by atoms with Crippen LogP contribution in [0.2, 0.25) is 0 Å². The van der Waals surface area contributed by atoms with Gasteiger partial charge in [-0.3, -0.25) is 24.7 Å². The van der Waals surface area contributed by atoms with Crippen LogP contribution >= 0.6 is 0 Å². The van der Waals surface area contributed by atoms with Crippen LogP contribution in [0.3, 0.4) is 0 Å². The molecule has 0 bridgehead atoms. The number of fused-ring (bicyclic) bond motifs is 1. The zero-order valence-corrected chi connectivity index (χ0v) is 19.1. The lowest BCUT2D eigenvalue weighted by Crippen LogP contribution is -2.57. The van der Waals surface area contributed by atoms with E-state index in [0.29, 0.717) is 19.4 Å². The van der Waals surface area contributed by atoms with E-state index in [-0.39, 0.29) is 6.61 Å². The minimum Gasteiger partial charge on any atom is -0.480 e. The lowest BCUT2D eigenvalue weighted by molar-refractivity contribution is -0.148. The van der Waals surface area contributed by atoms with Gasteiger partial charge in [0.25, 0.3) is 5.91 Å². The molecular formula is C25H31N3O5. The molecule has 1 aliphatic heterocycles. The molecule has 2 aromatic carbocycles. The summed E-state index contributed by atoms with van der Waals surface area (Å²) in [4.78, 5) is 37.5. The number of benzene rings is 2. The van der Waals surface area contributed by atoms with Crippen molar-refractivity contribution in [3.63, 3.8) is 0 Å². The number of rotatable bonds is 11. The molecule has 2 atom stereocenters. The molecule has 0 radical (unpaired) electrons. The number of amides is 1. The Kier molecular flexibility index (Phi) is 8.43. The normalized spacial score (nSPS) is 14.3. The van der Waals surface area contributed by atoms with E-state index < -0.39 is 36.5 Å². The van der Waals surface area contributed by atoms with Gasteiger partial charge in [-0.2, -0.15) is 0 Å². The number of esters is 1. The zero-order valence-electron chi connectivity index (χ0n) is 19.1. The van der Waals surface area contributed by atoms with Crippen molar-refractivity contribution in [3.05, 3.63) is 65.7 Å². The Bertz CT molecular complexity index is 966. The van der Waals surface area contributed by atoms with Crippen LogP contribution in [0.25, 0.3) is 0 Å². The van der Waals surface area contributed by atoms with Crippen molar-refractivity contribution < 1.29 is 24.2 Å². The van der Waals surface area contributed by atoms with Crippen LogP contribution in [0.1, 0.15) is 31.4 Å². The first-order valence-corrected chi connectivity index (χ1v) is 11.3. The summed E-state index contributed by atoms with van der Waals surface area (Å²) >= 11 is 0. The number of hydrogen-bond acceptors (Lipinski definition) is 6. The van der Waals surface area contributed by atoms with E-state index in [1.54, 1.807) is 18.9 Å². The molecule has 0 spiro atoms. The fourth-order valence-corrected chi connectivity index (χ4v) is 4.05. The maximum atomic E-state index is 13.4. The number of carboxylic acids is 1. The molecule has 0 aliphatic carbocycles. The second-order valence-corrected chi connectivity index (χ2v) is 8.01. The third-order valence-electron chi connectivity index (χ3n) is 5.65. The average Bonchev–Trinajstić information content (AvgIpc) is 3.24. The summed E-state index contributed by atoms with van der Waals surface area (Å²) in [6.07, 6.45) is 1.81. The second-order valence-electron chi connectivity index (χ2n) is 8.01. The zero-order chi connectivity index (χ0) is 23.8. The highest BCUT2D eigenvalue weighted by Gasteiger charge is 2.33. The molecule has 1 aliphatic rings. The van der Waals surface area contributed by atoms with Gasteiger partial charge in [-0.25, -0.2) is 5.01 Å². The number of anilines is 1. The minimum absolute atomic E-state index is 0.236. The van der Waals surface area contributed by atoms with Gasteiger partial charge in [0.15, 0.2) is 0 Å². The van der Waals surface area contributed by atoms with Gasteiger partial charge in [-0.1, -0.05) is 48.5 Å². The van der Waals surface area contributed by atoms with Crippen LogP contribution in [0.4, 0.5) is 5.69 Å². The molecule has 33 heavy (non-hydrogen) atoms. The van der Waals surface area contributed by atoms with Gasteiger partial charge in [0.2, 0.25) is 0 Å². The monoisotopic (exact) mass is 453 g/mol. The topological polar surface area (TPSA) is 99.2 Å². The number of hydrazine groups is 1. The molecule has 8 heteroatoms. The van der Waals surface area contributed by atoms with Gasteiger partial charge < -0.3 is 9.84 Å². The number of carbonyl (C=O) groups excluding carboxylic acids is 2. The Morgan fingerprint density at radius 1 is 1.12 bits per heavy atom. The van der Waals surface area contributed by atoms with E-state index in [1.165, 1.54) is 5.01 Å². The van der Waals surface area contributed by atoms with Crippen molar-refractivity contribution >= 4 is 23.5 Å². The van der Waals surface area contributed by atoms with E-state index in [4.69, 9.17) is 4.74 Å². The highest BCUT2D eigenvalue weighted by Crippen LogP contribution is 2.29. The fraction of sp³-hybridized carbons (Fsp3) is 0.400. The number of nitrogens with zero attached hydrogens (tertiary/aromatic N) is 2. The van der Waals surface area contributed by atoms with Crippen molar-refractivity contribution in [1.82, 2.24) is 10.3 Å². The van der Waals surface area contributed by atoms with E-state index >= 15 is 0 Å². The van der Waals surface area contributed by atoms with Gasteiger partial charge in [-0.15, -0.1) is 0 Å². The maximum Gasteiger partial charge on any atom is 0.325 e. The van der Waals surface area contributed by atoms with E-state index in [1.807, 2.05) is 54.6 Å². The van der Waals surface area contributed by atoms with Crippen molar-refractivity contribution in [2.75, 3.05) is 24.7 Å². The Morgan fingerprint density at radius 2 is 1.82 bits per heavy atom. The second kappa shape index (κ2) is 11.5. The quantitative estimate of drug-likeness (QED) is 0.504. The van der Waals surface area contributed by atoms with Crippen LogP contribution < -0.4 is 10.3 Å². The molecule has 176 valence electrons. The summed E-state index contributed by atoms with van der Waals surface area (Å²) in [5, 5.41) is 15.5. The number of ether oxygens (including phenoxy) is 1. The average molecular weight is 454 g/mol. The first-order valence-electron chi connectivity index (χ1n) is 11.3. The number of carbonyl (C=O) groups is 3. The molecule has 8 nitrogen and oxygen atoms in total. The summed E-state index contributed by atoms with van der Waals surface area (Å²) < 4.78 is 5.21. The van der Waals surface area contributed by atoms with Crippen LogP contribution in [-0.2, 0) is 32.0 Å². The Hall–Kier alpha value is -3.39. The van der Waals surface area contributed by atoms with E-state index in [9.17, 15) is 19.5 Å². The molecule has 0 fully saturated rings. The minimum atomic E-state index is -1.11. The molecule has 3 rings (SSSR count). The Balaban J connectivity index is 1.74. The van der Waals surface area contributed by atoms with Crippen molar-refractivity contribution in [3.8, 4) is 0 Å². The largest absolute Gasteiger partial charge is 0.480 e. The Morgan fingerprint density at radius 3 is 2.52 bits per heavy atom. The predicted molar refractivity (Wildman–Crippen MR) is 125 cm³/mol. The van der Waals surface area contributed by atoms with Gasteiger partial charge in [0.05, 0.1) is 18.3 Å². The van der Waals surface area contributed by atoms with Crippen molar-refractivity contribution in [1.29, 1.82) is 0 Å². The standard InChI is InChI=1S/C25H31N3O5/c1-3-33-25(32)21(14-13-19-9-5-4-6-10-19)26-18(2)24(31)28(17-23(29)30)27-16-15-20-11-7-8-12-22(20)27/h4-12,18,21,26H,3,13-17H2,1-2H3,(H,29,30)/t18-,21-/m0/s1. The predicted octanol–water partition coefficient (Wildman–Crippen LogP) is 2.42. The third kappa shape index (κ3) is 6.32. The molecular weight excluding hydrogens is 422 g/mol. The van der Waals surface area contributed by atoms with Crippen LogP contribution in [0, 0.1) is 0 Å². The lowest BCUT2D eigenvalue weighted by atomic mass is 10.0. The first kappa shape index (κ1) is 24.3. The smallest absolute Gasteiger partial charge is 0.325 e. The molecule has 1 amide bonds. The number of hydrogen-bond donors (Lipinski definition) is 2. The van der Waals surface area contributed by atoms with Crippen LogP contribution in [0.15, 0.2) is 54.6 Å². The molecule has 1 heterocycles. The number of carboxylic acid groups (broad SMARTS) is 1. The molecule has 0 saturated carbocycles. The molecule has 0 aromatic heterocycles. The molecule has 2 aromatic rings. The number of aryl methyl sites for hydroxylation is 1. The maximum absolute atomic E-state index is 13.4. The summed E-state index contributed by atoms with van der Waals surface area (Å²) in [5.41, 5.74) is 2.97. The van der Waals surface area contributed by atoms with Crippen molar-refractivity contribution in [2.24, 2.45) is 0 Å². The third-order valence-corrected chi connectivity index (χ3v) is 5.65. The summed E-state index contributed by atoms with van der Waals surface area (Å²) in [5.74, 6) is -1.95. The first-order chi connectivity index (χ1) is 15.9. The Labute approximate surface area is 194 Å². The number of nitrogens with one attached hydrogen (secondary N) is 1. The summed E-state index contributed by atoms with van der Waals surface area (Å²) in [6.45, 7) is 3.67. The summed E-state index contributed by atoms with van der Waals surface area (Å²) in [6, 6.07) is 15.9. The van der Waals surface area contributed by atoms with Gasteiger partial charge in [0.1, 0.15) is 12.6 Å². The molecule has 0 saturated heterocycles. The molecule has 2 N–H and O–H groups in total.